The van der Waals surface area contributed by atoms with Gasteiger partial charge in [-0.15, -0.1) is 0 Å². The number of hydrogen-bond donors (Lipinski definition) is 1. The Labute approximate surface area is 124 Å². The third kappa shape index (κ3) is 4.92. The maximum Gasteiger partial charge on any atom is 0.0208 e. The van der Waals surface area contributed by atoms with Crippen LogP contribution in [0.4, 0.5) is 0 Å². The molecule has 2 rings (SSSR count). The number of likely N-dealkylation sites (tertiary alicyclic amines) is 1. The van der Waals surface area contributed by atoms with Crippen molar-refractivity contribution in [3.63, 3.8) is 0 Å². The van der Waals surface area contributed by atoms with Crippen molar-refractivity contribution in [2.75, 3.05) is 26.2 Å². The standard InChI is InChI=1S/C18H30N2/c1-3-17-9-5-6-10-18(17)14-19-13-16(2)15-20-11-7-4-8-12-20/h5-6,9-10,16,19H,3-4,7-8,11-15H2,1-2H3. The van der Waals surface area contributed by atoms with Gasteiger partial charge in [-0.05, 0) is 55.9 Å². The minimum atomic E-state index is 0.738. The molecule has 2 heteroatoms. The van der Waals surface area contributed by atoms with Gasteiger partial charge >= 0.3 is 0 Å². The van der Waals surface area contributed by atoms with Gasteiger partial charge in [0, 0.05) is 13.1 Å². The van der Waals surface area contributed by atoms with E-state index in [1.165, 1.54) is 50.0 Å². The predicted molar refractivity (Wildman–Crippen MR) is 87.0 cm³/mol. The van der Waals surface area contributed by atoms with Crippen LogP contribution in [-0.2, 0) is 13.0 Å². The van der Waals surface area contributed by atoms with Gasteiger partial charge in [0.25, 0.3) is 0 Å². The lowest BCUT2D eigenvalue weighted by Gasteiger charge is -2.29. The molecule has 1 aromatic carbocycles. The molecular formula is C18H30N2. The van der Waals surface area contributed by atoms with Gasteiger partial charge in [-0.2, -0.15) is 0 Å². The van der Waals surface area contributed by atoms with Gasteiger partial charge in [0.05, 0.1) is 0 Å². The first-order valence-electron chi connectivity index (χ1n) is 8.29. The molecule has 0 saturated carbocycles. The summed E-state index contributed by atoms with van der Waals surface area (Å²) in [6, 6.07) is 8.78. The van der Waals surface area contributed by atoms with E-state index in [0.717, 1.165) is 25.4 Å². The van der Waals surface area contributed by atoms with Crippen LogP contribution >= 0.6 is 0 Å². The number of aryl methyl sites for hydroxylation is 1. The van der Waals surface area contributed by atoms with E-state index in [1.807, 2.05) is 0 Å². The molecule has 1 saturated heterocycles. The van der Waals surface area contributed by atoms with Crippen molar-refractivity contribution >= 4 is 0 Å². The Hall–Kier alpha value is -0.860. The van der Waals surface area contributed by atoms with Crippen molar-refractivity contribution < 1.29 is 0 Å². The van der Waals surface area contributed by atoms with Crippen molar-refractivity contribution in [1.29, 1.82) is 0 Å². The van der Waals surface area contributed by atoms with E-state index in [-0.39, 0.29) is 0 Å². The molecular weight excluding hydrogens is 244 g/mol. The molecule has 1 aromatic rings. The van der Waals surface area contributed by atoms with Crippen molar-refractivity contribution in [2.45, 2.75) is 46.1 Å². The molecule has 0 bridgehead atoms. The van der Waals surface area contributed by atoms with Gasteiger partial charge in [-0.3, -0.25) is 0 Å². The second-order valence-corrected chi connectivity index (χ2v) is 6.22. The highest BCUT2D eigenvalue weighted by molar-refractivity contribution is 5.26. The summed E-state index contributed by atoms with van der Waals surface area (Å²) in [6.45, 7) is 10.6. The van der Waals surface area contributed by atoms with Crippen LogP contribution in [0.15, 0.2) is 24.3 Å². The highest BCUT2D eigenvalue weighted by Gasteiger charge is 2.13. The van der Waals surface area contributed by atoms with Crippen LogP contribution in [0.5, 0.6) is 0 Å². The largest absolute Gasteiger partial charge is 0.312 e. The SMILES string of the molecule is CCc1ccccc1CNCC(C)CN1CCCCC1. The summed E-state index contributed by atoms with van der Waals surface area (Å²) in [5.74, 6) is 0.738. The number of hydrogen-bond acceptors (Lipinski definition) is 2. The molecule has 0 spiro atoms. The first-order valence-corrected chi connectivity index (χ1v) is 8.29. The van der Waals surface area contributed by atoms with Crippen LogP contribution < -0.4 is 5.32 Å². The average Bonchev–Trinajstić information content (AvgIpc) is 2.49. The maximum atomic E-state index is 3.64. The van der Waals surface area contributed by atoms with Crippen molar-refractivity contribution in [2.24, 2.45) is 5.92 Å². The minimum Gasteiger partial charge on any atom is -0.312 e. The molecule has 2 nitrogen and oxygen atoms in total. The van der Waals surface area contributed by atoms with Gasteiger partial charge in [0.15, 0.2) is 0 Å². The molecule has 20 heavy (non-hydrogen) atoms. The third-order valence-electron chi connectivity index (χ3n) is 4.33. The molecule has 0 amide bonds. The quantitative estimate of drug-likeness (QED) is 0.819. The lowest BCUT2D eigenvalue weighted by atomic mass is 10.0. The molecule has 1 aliphatic heterocycles. The lowest BCUT2D eigenvalue weighted by Crippen LogP contribution is -2.36. The van der Waals surface area contributed by atoms with Crippen LogP contribution in [0.2, 0.25) is 0 Å². The summed E-state index contributed by atoms with van der Waals surface area (Å²) in [5.41, 5.74) is 2.93. The molecule has 1 aliphatic rings. The number of nitrogens with zero attached hydrogens (tertiary/aromatic N) is 1. The van der Waals surface area contributed by atoms with E-state index < -0.39 is 0 Å². The fourth-order valence-electron chi connectivity index (χ4n) is 3.18. The molecule has 1 atom stereocenters. The summed E-state index contributed by atoms with van der Waals surface area (Å²) >= 11 is 0. The van der Waals surface area contributed by atoms with E-state index in [2.05, 4.69) is 48.3 Å². The molecule has 1 N–H and O–H groups in total. The maximum absolute atomic E-state index is 3.64. The monoisotopic (exact) mass is 274 g/mol. The molecule has 0 aromatic heterocycles. The second kappa shape index (κ2) is 8.43. The van der Waals surface area contributed by atoms with Crippen molar-refractivity contribution in [3.8, 4) is 0 Å². The van der Waals surface area contributed by atoms with E-state index in [4.69, 9.17) is 0 Å². The van der Waals surface area contributed by atoms with Crippen molar-refractivity contribution in [3.05, 3.63) is 35.4 Å². The van der Waals surface area contributed by atoms with Crippen LogP contribution in [0, 0.1) is 5.92 Å². The topological polar surface area (TPSA) is 15.3 Å². The van der Waals surface area contributed by atoms with Crippen LogP contribution in [-0.4, -0.2) is 31.1 Å². The molecule has 1 unspecified atom stereocenters. The Bertz CT molecular complexity index is 383. The Kier molecular flexibility index (Phi) is 6.55. The fraction of sp³-hybridized carbons (Fsp3) is 0.667. The Morgan fingerprint density at radius 1 is 1.10 bits per heavy atom. The zero-order chi connectivity index (χ0) is 14.2. The summed E-state index contributed by atoms with van der Waals surface area (Å²) in [4.78, 5) is 2.63. The highest BCUT2D eigenvalue weighted by Crippen LogP contribution is 2.11. The Balaban J connectivity index is 1.69. The summed E-state index contributed by atoms with van der Waals surface area (Å²) in [7, 11) is 0. The summed E-state index contributed by atoms with van der Waals surface area (Å²) < 4.78 is 0. The summed E-state index contributed by atoms with van der Waals surface area (Å²) in [5, 5.41) is 3.64. The molecule has 112 valence electrons. The molecule has 0 aliphatic carbocycles. The number of rotatable bonds is 7. The smallest absolute Gasteiger partial charge is 0.0208 e. The lowest BCUT2D eigenvalue weighted by molar-refractivity contribution is 0.199. The Morgan fingerprint density at radius 2 is 1.80 bits per heavy atom. The molecule has 1 heterocycles. The first-order chi connectivity index (χ1) is 9.79. The predicted octanol–water partition coefficient (Wildman–Crippen LogP) is 3.46. The zero-order valence-corrected chi connectivity index (χ0v) is 13.2. The third-order valence-corrected chi connectivity index (χ3v) is 4.33. The number of benzene rings is 1. The van der Waals surface area contributed by atoms with Gasteiger partial charge in [-0.25, -0.2) is 0 Å². The van der Waals surface area contributed by atoms with E-state index in [1.54, 1.807) is 0 Å². The fourth-order valence-corrected chi connectivity index (χ4v) is 3.18. The van der Waals surface area contributed by atoms with Gasteiger partial charge in [0.1, 0.15) is 0 Å². The van der Waals surface area contributed by atoms with Gasteiger partial charge in [0.2, 0.25) is 0 Å². The van der Waals surface area contributed by atoms with Gasteiger partial charge < -0.3 is 10.2 Å². The van der Waals surface area contributed by atoms with E-state index in [0.29, 0.717) is 0 Å². The number of nitrogens with one attached hydrogen (secondary N) is 1. The molecule has 1 fully saturated rings. The second-order valence-electron chi connectivity index (χ2n) is 6.22. The first kappa shape index (κ1) is 15.5. The van der Waals surface area contributed by atoms with Crippen LogP contribution in [0.1, 0.15) is 44.2 Å². The van der Waals surface area contributed by atoms with Crippen LogP contribution in [0.3, 0.4) is 0 Å². The molecule has 0 radical (unpaired) electrons. The van der Waals surface area contributed by atoms with Crippen LogP contribution in [0.25, 0.3) is 0 Å². The highest BCUT2D eigenvalue weighted by atomic mass is 15.1. The van der Waals surface area contributed by atoms with Crippen molar-refractivity contribution in [1.82, 2.24) is 10.2 Å². The summed E-state index contributed by atoms with van der Waals surface area (Å²) in [6.07, 6.45) is 5.34. The minimum absolute atomic E-state index is 0.738. The zero-order valence-electron chi connectivity index (χ0n) is 13.2. The van der Waals surface area contributed by atoms with E-state index in [9.17, 15) is 0 Å². The number of piperidine rings is 1. The van der Waals surface area contributed by atoms with E-state index >= 15 is 0 Å². The Morgan fingerprint density at radius 3 is 2.50 bits per heavy atom. The normalized spacial score (nSPS) is 18.1. The average molecular weight is 274 g/mol. The van der Waals surface area contributed by atoms with Gasteiger partial charge in [-0.1, -0.05) is 44.5 Å².